The minimum atomic E-state index is 0.353. The van der Waals surface area contributed by atoms with Crippen molar-refractivity contribution in [2.75, 3.05) is 19.6 Å². The van der Waals surface area contributed by atoms with Gasteiger partial charge in [0, 0.05) is 38.1 Å². The Kier molecular flexibility index (Phi) is 3.46. The Labute approximate surface area is 126 Å². The summed E-state index contributed by atoms with van der Waals surface area (Å²) in [6.45, 7) is 4.13. The van der Waals surface area contributed by atoms with Crippen LogP contribution in [0, 0.1) is 5.92 Å². The lowest BCUT2D eigenvalue weighted by atomic mass is 9.84. The number of fused-ring (bicyclic) bond motifs is 1. The molecule has 4 rings (SSSR count). The summed E-state index contributed by atoms with van der Waals surface area (Å²) in [6, 6.07) is 9.37. The molecule has 1 aromatic rings. The molecule has 0 spiro atoms. The molecule has 21 heavy (non-hydrogen) atoms. The van der Waals surface area contributed by atoms with Crippen LogP contribution < -0.4 is 0 Å². The average Bonchev–Trinajstić information content (AvgIpc) is 2.95. The predicted octanol–water partition coefficient (Wildman–Crippen LogP) is 2.45. The molecule has 1 aromatic carbocycles. The second kappa shape index (κ2) is 5.45. The van der Waals surface area contributed by atoms with Gasteiger partial charge in [0.2, 0.25) is 5.91 Å². The van der Waals surface area contributed by atoms with Crippen LogP contribution in [0.5, 0.6) is 0 Å². The minimum absolute atomic E-state index is 0.353. The number of benzene rings is 1. The van der Waals surface area contributed by atoms with E-state index in [1.807, 2.05) is 0 Å². The molecular formula is C18H24N2O. The fourth-order valence-corrected chi connectivity index (χ4v) is 3.98. The van der Waals surface area contributed by atoms with Crippen molar-refractivity contribution in [3.05, 3.63) is 35.4 Å². The first-order valence-corrected chi connectivity index (χ1v) is 8.41. The summed E-state index contributed by atoms with van der Waals surface area (Å²) in [4.78, 5) is 17.1. The van der Waals surface area contributed by atoms with Gasteiger partial charge in [0.15, 0.2) is 0 Å². The smallest absolute Gasteiger partial charge is 0.225 e. The summed E-state index contributed by atoms with van der Waals surface area (Å²) in [5.74, 6) is 0.784. The van der Waals surface area contributed by atoms with Crippen molar-refractivity contribution in [3.63, 3.8) is 0 Å². The highest BCUT2D eigenvalue weighted by molar-refractivity contribution is 5.79. The summed E-state index contributed by atoms with van der Waals surface area (Å²) in [7, 11) is 0. The molecule has 0 aromatic heterocycles. The SMILES string of the molecule is O=C(C1CCC1)N1CCC(N2CCc3ccccc3C2)C1. The van der Waals surface area contributed by atoms with Gasteiger partial charge in [-0.2, -0.15) is 0 Å². The lowest BCUT2D eigenvalue weighted by molar-refractivity contribution is -0.137. The van der Waals surface area contributed by atoms with Gasteiger partial charge in [0.25, 0.3) is 0 Å². The van der Waals surface area contributed by atoms with E-state index in [0.717, 1.165) is 51.9 Å². The van der Waals surface area contributed by atoms with Gasteiger partial charge in [-0.15, -0.1) is 0 Å². The second-order valence-corrected chi connectivity index (χ2v) is 6.84. The van der Waals surface area contributed by atoms with Gasteiger partial charge in [-0.25, -0.2) is 0 Å². The van der Waals surface area contributed by atoms with Crippen LogP contribution in [0.2, 0.25) is 0 Å². The Morgan fingerprint density at radius 1 is 1.05 bits per heavy atom. The number of carbonyl (C=O) groups excluding carboxylic acids is 1. The number of amides is 1. The molecule has 1 saturated heterocycles. The largest absolute Gasteiger partial charge is 0.341 e. The highest BCUT2D eigenvalue weighted by atomic mass is 16.2. The normalized spacial score (nSPS) is 26.5. The van der Waals surface area contributed by atoms with Gasteiger partial charge >= 0.3 is 0 Å². The highest BCUT2D eigenvalue weighted by Crippen LogP contribution is 2.31. The van der Waals surface area contributed by atoms with E-state index in [1.54, 1.807) is 0 Å². The molecule has 0 bridgehead atoms. The predicted molar refractivity (Wildman–Crippen MR) is 82.9 cm³/mol. The number of rotatable bonds is 2. The van der Waals surface area contributed by atoms with Crippen LogP contribution in [-0.2, 0) is 17.8 Å². The summed E-state index contributed by atoms with van der Waals surface area (Å²) in [6.07, 6.45) is 5.80. The molecule has 2 heterocycles. The summed E-state index contributed by atoms with van der Waals surface area (Å²) >= 11 is 0. The molecule has 2 aliphatic heterocycles. The molecule has 3 nitrogen and oxygen atoms in total. The van der Waals surface area contributed by atoms with E-state index in [4.69, 9.17) is 0 Å². The Morgan fingerprint density at radius 3 is 2.62 bits per heavy atom. The average molecular weight is 284 g/mol. The maximum Gasteiger partial charge on any atom is 0.225 e. The van der Waals surface area contributed by atoms with Crippen LogP contribution in [0.3, 0.4) is 0 Å². The molecule has 1 saturated carbocycles. The van der Waals surface area contributed by atoms with Crippen LogP contribution in [0.25, 0.3) is 0 Å². The standard InChI is InChI=1S/C18H24N2O/c21-18(15-6-3-7-15)20-11-9-17(13-20)19-10-8-14-4-1-2-5-16(14)12-19/h1-2,4-5,15,17H,3,6-13H2. The fraction of sp³-hybridized carbons (Fsp3) is 0.611. The van der Waals surface area contributed by atoms with Gasteiger partial charge < -0.3 is 4.90 Å². The van der Waals surface area contributed by atoms with Crippen LogP contribution in [0.1, 0.15) is 36.8 Å². The van der Waals surface area contributed by atoms with Crippen LogP contribution >= 0.6 is 0 Å². The molecule has 3 heteroatoms. The van der Waals surface area contributed by atoms with Crippen molar-refractivity contribution in [2.45, 2.75) is 44.7 Å². The Hall–Kier alpha value is -1.35. The number of nitrogens with zero attached hydrogens (tertiary/aromatic N) is 2. The molecule has 112 valence electrons. The lowest BCUT2D eigenvalue weighted by Gasteiger charge is -2.34. The summed E-state index contributed by atoms with van der Waals surface area (Å²) in [5, 5.41) is 0. The fourth-order valence-electron chi connectivity index (χ4n) is 3.98. The van der Waals surface area contributed by atoms with E-state index in [9.17, 15) is 4.79 Å². The number of hydrogen-bond donors (Lipinski definition) is 0. The van der Waals surface area contributed by atoms with E-state index in [-0.39, 0.29) is 0 Å². The van der Waals surface area contributed by atoms with E-state index in [1.165, 1.54) is 17.5 Å². The first-order valence-electron chi connectivity index (χ1n) is 8.41. The lowest BCUT2D eigenvalue weighted by Crippen LogP contribution is -2.43. The number of carbonyl (C=O) groups is 1. The number of likely N-dealkylation sites (tertiary alicyclic amines) is 1. The Morgan fingerprint density at radius 2 is 1.86 bits per heavy atom. The molecule has 0 N–H and O–H groups in total. The van der Waals surface area contributed by atoms with Gasteiger partial charge in [0.05, 0.1) is 0 Å². The van der Waals surface area contributed by atoms with Crippen molar-refractivity contribution >= 4 is 5.91 Å². The first-order chi connectivity index (χ1) is 10.3. The van der Waals surface area contributed by atoms with Crippen molar-refractivity contribution in [1.82, 2.24) is 9.80 Å². The van der Waals surface area contributed by atoms with Crippen molar-refractivity contribution in [3.8, 4) is 0 Å². The van der Waals surface area contributed by atoms with E-state index in [0.29, 0.717) is 17.9 Å². The zero-order chi connectivity index (χ0) is 14.2. The second-order valence-electron chi connectivity index (χ2n) is 6.84. The van der Waals surface area contributed by atoms with E-state index >= 15 is 0 Å². The zero-order valence-electron chi connectivity index (χ0n) is 12.6. The third-order valence-corrected chi connectivity index (χ3v) is 5.61. The molecule has 1 atom stereocenters. The molecular weight excluding hydrogens is 260 g/mol. The molecule has 1 aliphatic carbocycles. The Bertz CT molecular complexity index is 538. The number of hydrogen-bond acceptors (Lipinski definition) is 2. The monoisotopic (exact) mass is 284 g/mol. The van der Waals surface area contributed by atoms with Crippen LogP contribution in [-0.4, -0.2) is 41.4 Å². The van der Waals surface area contributed by atoms with Crippen LogP contribution in [0.15, 0.2) is 24.3 Å². The maximum absolute atomic E-state index is 12.4. The topological polar surface area (TPSA) is 23.6 Å². The van der Waals surface area contributed by atoms with Gasteiger partial charge in [-0.3, -0.25) is 9.69 Å². The first kappa shape index (κ1) is 13.3. The zero-order valence-corrected chi connectivity index (χ0v) is 12.6. The summed E-state index contributed by atoms with van der Waals surface area (Å²) in [5.41, 5.74) is 2.99. The Balaban J connectivity index is 1.39. The summed E-state index contributed by atoms with van der Waals surface area (Å²) < 4.78 is 0. The van der Waals surface area contributed by atoms with Gasteiger partial charge in [0.1, 0.15) is 0 Å². The highest BCUT2D eigenvalue weighted by Gasteiger charge is 2.36. The van der Waals surface area contributed by atoms with E-state index in [2.05, 4.69) is 34.1 Å². The molecule has 0 radical (unpaired) electrons. The van der Waals surface area contributed by atoms with Crippen molar-refractivity contribution < 1.29 is 4.79 Å². The molecule has 2 fully saturated rings. The third kappa shape index (κ3) is 2.48. The van der Waals surface area contributed by atoms with Crippen molar-refractivity contribution in [1.29, 1.82) is 0 Å². The van der Waals surface area contributed by atoms with Crippen LogP contribution in [0.4, 0.5) is 0 Å². The van der Waals surface area contributed by atoms with Gasteiger partial charge in [-0.1, -0.05) is 30.7 Å². The third-order valence-electron chi connectivity index (χ3n) is 5.61. The maximum atomic E-state index is 12.4. The van der Waals surface area contributed by atoms with Gasteiger partial charge in [-0.05, 0) is 36.8 Å². The van der Waals surface area contributed by atoms with E-state index < -0.39 is 0 Å². The molecule has 1 unspecified atom stereocenters. The molecule has 3 aliphatic rings. The van der Waals surface area contributed by atoms with Crippen molar-refractivity contribution in [2.24, 2.45) is 5.92 Å². The minimum Gasteiger partial charge on any atom is -0.341 e. The quantitative estimate of drug-likeness (QED) is 0.833. The molecule has 1 amide bonds.